The molecule has 1 saturated heterocycles. The second-order valence-electron chi connectivity index (χ2n) is 4.48. The number of sulfone groups is 1. The molecular formula is C10H16N4O4S. The number of aliphatic hydroxyl groups is 1. The monoisotopic (exact) mass is 288 g/mol. The molecule has 8 nitrogen and oxygen atoms in total. The lowest BCUT2D eigenvalue weighted by Gasteiger charge is -2.27. The Kier molecular flexibility index (Phi) is 3.76. The molecule has 19 heavy (non-hydrogen) atoms. The summed E-state index contributed by atoms with van der Waals surface area (Å²) in [6, 6.07) is -0.424. The van der Waals surface area contributed by atoms with Crippen LogP contribution in [0.2, 0.25) is 0 Å². The molecule has 1 aliphatic rings. The fourth-order valence-electron chi connectivity index (χ4n) is 2.19. The maximum absolute atomic E-state index is 12.3. The van der Waals surface area contributed by atoms with Gasteiger partial charge in [-0.15, -0.1) is 0 Å². The van der Waals surface area contributed by atoms with Crippen LogP contribution in [0.3, 0.4) is 0 Å². The number of carbonyl (C=O) groups excluding carboxylic acids is 1. The summed E-state index contributed by atoms with van der Waals surface area (Å²) in [5, 5.41) is 15.2. The molecule has 1 aliphatic heterocycles. The summed E-state index contributed by atoms with van der Waals surface area (Å²) in [5.41, 5.74) is 5.93. The number of nitrogens with zero attached hydrogens (tertiary/aromatic N) is 2. The molecule has 1 amide bonds. The number of amides is 1. The van der Waals surface area contributed by atoms with E-state index in [1.54, 1.807) is 0 Å². The molecule has 106 valence electrons. The van der Waals surface area contributed by atoms with Gasteiger partial charge in [0.05, 0.1) is 30.0 Å². The maximum atomic E-state index is 12.3. The third kappa shape index (κ3) is 2.87. The first-order valence-corrected chi connectivity index (χ1v) is 7.68. The van der Waals surface area contributed by atoms with Gasteiger partial charge in [0.15, 0.2) is 9.84 Å². The lowest BCUT2D eigenvalue weighted by molar-refractivity contribution is 0.0650. The van der Waals surface area contributed by atoms with Gasteiger partial charge in [0.2, 0.25) is 0 Å². The number of aliphatic hydroxyl groups excluding tert-OH is 1. The topological polar surface area (TPSA) is 129 Å². The number of nitrogens with one attached hydrogen (secondary N) is 1. The van der Waals surface area contributed by atoms with E-state index in [4.69, 9.17) is 10.8 Å². The van der Waals surface area contributed by atoms with Gasteiger partial charge >= 0.3 is 0 Å². The summed E-state index contributed by atoms with van der Waals surface area (Å²) < 4.78 is 23.0. The summed E-state index contributed by atoms with van der Waals surface area (Å²) >= 11 is 0. The highest BCUT2D eigenvalue weighted by Gasteiger charge is 2.35. The number of aromatic amines is 1. The molecule has 1 unspecified atom stereocenters. The lowest BCUT2D eigenvalue weighted by atomic mass is 10.2. The average molecular weight is 288 g/mol. The Morgan fingerprint density at radius 1 is 1.63 bits per heavy atom. The first kappa shape index (κ1) is 13.8. The summed E-state index contributed by atoms with van der Waals surface area (Å²) in [4.78, 5) is 13.6. The van der Waals surface area contributed by atoms with Gasteiger partial charge in [0, 0.05) is 12.6 Å². The van der Waals surface area contributed by atoms with Crippen LogP contribution in [0.1, 0.15) is 16.9 Å². The van der Waals surface area contributed by atoms with E-state index in [0.29, 0.717) is 6.42 Å². The summed E-state index contributed by atoms with van der Waals surface area (Å²) in [7, 11) is -3.10. The molecule has 2 heterocycles. The zero-order valence-corrected chi connectivity index (χ0v) is 11.1. The van der Waals surface area contributed by atoms with Gasteiger partial charge in [-0.05, 0) is 6.42 Å². The first-order valence-electron chi connectivity index (χ1n) is 5.85. The van der Waals surface area contributed by atoms with E-state index in [1.165, 1.54) is 11.1 Å². The third-order valence-electron chi connectivity index (χ3n) is 3.13. The fourth-order valence-corrected chi connectivity index (χ4v) is 3.92. The molecular weight excluding hydrogens is 272 g/mol. The van der Waals surface area contributed by atoms with Crippen molar-refractivity contribution in [3.8, 4) is 0 Å². The third-order valence-corrected chi connectivity index (χ3v) is 4.88. The molecule has 1 atom stereocenters. The fraction of sp³-hybridized carbons (Fsp3) is 0.600. The summed E-state index contributed by atoms with van der Waals surface area (Å²) in [5.74, 6) is -0.455. The van der Waals surface area contributed by atoms with Crippen molar-refractivity contribution in [3.05, 3.63) is 11.9 Å². The Balaban J connectivity index is 2.21. The van der Waals surface area contributed by atoms with Crippen molar-refractivity contribution in [1.82, 2.24) is 15.1 Å². The molecule has 0 aromatic carbocycles. The SMILES string of the molecule is Nc1cn[nH]c1C(=O)N(CCO)C1CCS(=O)(=O)C1. The van der Waals surface area contributed by atoms with Gasteiger partial charge in [-0.2, -0.15) is 5.10 Å². The number of anilines is 1. The number of nitrogens with two attached hydrogens (primary N) is 1. The van der Waals surface area contributed by atoms with Gasteiger partial charge < -0.3 is 15.7 Å². The van der Waals surface area contributed by atoms with E-state index in [1.807, 2.05) is 0 Å². The molecule has 0 bridgehead atoms. The van der Waals surface area contributed by atoms with Crippen molar-refractivity contribution in [1.29, 1.82) is 0 Å². The number of hydrogen-bond donors (Lipinski definition) is 3. The highest BCUT2D eigenvalue weighted by atomic mass is 32.2. The van der Waals surface area contributed by atoms with E-state index >= 15 is 0 Å². The molecule has 0 radical (unpaired) electrons. The molecule has 2 rings (SSSR count). The van der Waals surface area contributed by atoms with Gasteiger partial charge in [-0.25, -0.2) is 8.42 Å². The van der Waals surface area contributed by atoms with Crippen molar-refractivity contribution >= 4 is 21.4 Å². The quantitative estimate of drug-likeness (QED) is 0.625. The van der Waals surface area contributed by atoms with E-state index in [2.05, 4.69) is 10.2 Å². The standard InChI is InChI=1S/C10H16N4O4S/c11-8-5-12-13-9(8)10(16)14(2-3-15)7-1-4-19(17,18)6-7/h5,7,15H,1-4,6,11H2,(H,12,13). The Morgan fingerprint density at radius 3 is 2.84 bits per heavy atom. The van der Waals surface area contributed by atoms with Crippen LogP contribution >= 0.6 is 0 Å². The number of rotatable bonds is 4. The van der Waals surface area contributed by atoms with Crippen LogP contribution < -0.4 is 5.73 Å². The number of aromatic nitrogens is 2. The largest absolute Gasteiger partial charge is 0.396 e. The number of carbonyl (C=O) groups is 1. The second kappa shape index (κ2) is 5.17. The van der Waals surface area contributed by atoms with Gasteiger partial charge in [-0.1, -0.05) is 0 Å². The average Bonchev–Trinajstić information content (AvgIpc) is 2.91. The number of nitrogen functional groups attached to an aromatic ring is 1. The molecule has 4 N–H and O–H groups in total. The Hall–Kier alpha value is -1.61. The minimum atomic E-state index is -3.10. The van der Waals surface area contributed by atoms with Gasteiger partial charge in [0.1, 0.15) is 5.69 Å². The minimum Gasteiger partial charge on any atom is -0.396 e. The Labute approximate surface area is 110 Å². The van der Waals surface area contributed by atoms with E-state index in [0.717, 1.165) is 0 Å². The Morgan fingerprint density at radius 2 is 2.37 bits per heavy atom. The van der Waals surface area contributed by atoms with E-state index in [-0.39, 0.29) is 36.0 Å². The number of hydrogen-bond acceptors (Lipinski definition) is 6. The predicted molar refractivity (Wildman–Crippen MR) is 68.2 cm³/mol. The summed E-state index contributed by atoms with van der Waals surface area (Å²) in [6.45, 7) is -0.173. The van der Waals surface area contributed by atoms with E-state index in [9.17, 15) is 13.2 Å². The van der Waals surface area contributed by atoms with Gasteiger partial charge in [0.25, 0.3) is 5.91 Å². The van der Waals surface area contributed by atoms with Crippen molar-refractivity contribution in [2.45, 2.75) is 12.5 Å². The summed E-state index contributed by atoms with van der Waals surface area (Å²) in [6.07, 6.45) is 1.69. The molecule has 0 spiro atoms. The highest BCUT2D eigenvalue weighted by Crippen LogP contribution is 2.20. The Bertz CT molecular complexity index is 568. The maximum Gasteiger partial charge on any atom is 0.274 e. The predicted octanol–water partition coefficient (Wildman–Crippen LogP) is -1.39. The van der Waals surface area contributed by atoms with Crippen LogP contribution in [0.15, 0.2) is 6.20 Å². The molecule has 1 aromatic rings. The van der Waals surface area contributed by atoms with E-state index < -0.39 is 21.8 Å². The van der Waals surface area contributed by atoms with Crippen LogP contribution in [0.4, 0.5) is 5.69 Å². The van der Waals surface area contributed by atoms with Crippen molar-refractivity contribution in [3.63, 3.8) is 0 Å². The smallest absolute Gasteiger partial charge is 0.274 e. The molecule has 9 heteroatoms. The van der Waals surface area contributed by atoms with Crippen molar-refractivity contribution in [2.24, 2.45) is 0 Å². The molecule has 1 fully saturated rings. The zero-order valence-electron chi connectivity index (χ0n) is 10.2. The van der Waals surface area contributed by atoms with Crippen LogP contribution in [0.25, 0.3) is 0 Å². The normalized spacial score (nSPS) is 21.4. The van der Waals surface area contributed by atoms with Crippen LogP contribution in [0.5, 0.6) is 0 Å². The highest BCUT2D eigenvalue weighted by molar-refractivity contribution is 7.91. The second-order valence-corrected chi connectivity index (χ2v) is 6.71. The zero-order chi connectivity index (χ0) is 14.0. The van der Waals surface area contributed by atoms with Crippen LogP contribution in [-0.4, -0.2) is 65.2 Å². The first-order chi connectivity index (χ1) is 8.94. The minimum absolute atomic E-state index is 0.0608. The molecule has 0 saturated carbocycles. The lowest BCUT2D eigenvalue weighted by Crippen LogP contribution is -2.43. The van der Waals surface area contributed by atoms with Crippen molar-refractivity contribution < 1.29 is 18.3 Å². The number of H-pyrrole nitrogens is 1. The van der Waals surface area contributed by atoms with Gasteiger partial charge in [-0.3, -0.25) is 9.89 Å². The molecule has 1 aromatic heterocycles. The van der Waals surface area contributed by atoms with Crippen LogP contribution in [0, 0.1) is 0 Å². The van der Waals surface area contributed by atoms with Crippen LogP contribution in [-0.2, 0) is 9.84 Å². The van der Waals surface area contributed by atoms with Crippen molar-refractivity contribution in [2.75, 3.05) is 30.4 Å². The molecule has 0 aliphatic carbocycles.